The minimum absolute atomic E-state index is 0.0255. The van der Waals surface area contributed by atoms with Crippen molar-refractivity contribution in [2.24, 2.45) is 5.73 Å². The minimum Gasteiger partial charge on any atom is -0.394 e. The number of carbonyl (C=O) groups is 1. The Kier molecular flexibility index (Phi) is 5.05. The Morgan fingerprint density at radius 1 is 1.67 bits per heavy atom. The van der Waals surface area contributed by atoms with Gasteiger partial charge in [0.25, 0.3) is 0 Å². The third-order valence-electron chi connectivity index (χ3n) is 3.00. The van der Waals surface area contributed by atoms with E-state index in [0.29, 0.717) is 6.42 Å². The molecule has 1 amide bonds. The fraction of sp³-hybridized carbons (Fsp3) is 0.909. The maximum absolute atomic E-state index is 11.8. The molecule has 0 aliphatic carbocycles. The molecule has 4 nitrogen and oxygen atoms in total. The molecule has 1 saturated heterocycles. The zero-order chi connectivity index (χ0) is 11.3. The Morgan fingerprint density at radius 2 is 2.40 bits per heavy atom. The molecule has 0 spiro atoms. The number of nitrogens with zero attached hydrogens (tertiary/aromatic N) is 1. The summed E-state index contributed by atoms with van der Waals surface area (Å²) in [4.78, 5) is 13.6. The first-order valence-corrected chi connectivity index (χ1v) is 5.85. The van der Waals surface area contributed by atoms with E-state index in [1.807, 2.05) is 0 Å². The second kappa shape index (κ2) is 6.08. The Labute approximate surface area is 91.4 Å². The molecule has 2 atom stereocenters. The van der Waals surface area contributed by atoms with Crippen molar-refractivity contribution in [3.05, 3.63) is 0 Å². The van der Waals surface area contributed by atoms with E-state index in [4.69, 9.17) is 10.8 Å². The van der Waals surface area contributed by atoms with Crippen molar-refractivity contribution in [2.45, 2.75) is 51.1 Å². The molecule has 15 heavy (non-hydrogen) atoms. The van der Waals surface area contributed by atoms with Crippen molar-refractivity contribution in [3.8, 4) is 0 Å². The second-order valence-corrected chi connectivity index (χ2v) is 4.32. The fourth-order valence-corrected chi connectivity index (χ4v) is 2.17. The summed E-state index contributed by atoms with van der Waals surface area (Å²) in [5, 5.41) is 9.10. The summed E-state index contributed by atoms with van der Waals surface area (Å²) in [5.74, 6) is 0.104. The number of aliphatic hydroxyl groups excluding tert-OH is 1. The standard InChI is InChI=1S/C11H22N2O2/c1-2-4-9(12)7-11(15)13-6-3-5-10(13)8-14/h9-10,14H,2-8,12H2,1H3. The molecule has 1 rings (SSSR count). The maximum Gasteiger partial charge on any atom is 0.224 e. The number of carbonyl (C=O) groups excluding carboxylic acids is 1. The predicted molar refractivity (Wildman–Crippen MR) is 59.3 cm³/mol. The van der Waals surface area contributed by atoms with Gasteiger partial charge in [0.1, 0.15) is 0 Å². The van der Waals surface area contributed by atoms with Gasteiger partial charge in [-0.3, -0.25) is 4.79 Å². The molecule has 1 heterocycles. The van der Waals surface area contributed by atoms with Crippen molar-refractivity contribution < 1.29 is 9.90 Å². The molecule has 0 radical (unpaired) electrons. The number of aliphatic hydroxyl groups is 1. The van der Waals surface area contributed by atoms with E-state index in [1.54, 1.807) is 4.90 Å². The Morgan fingerprint density at radius 3 is 3.00 bits per heavy atom. The van der Waals surface area contributed by atoms with Crippen LogP contribution in [-0.4, -0.2) is 41.1 Å². The third kappa shape index (κ3) is 3.47. The molecular weight excluding hydrogens is 192 g/mol. The number of likely N-dealkylation sites (tertiary alicyclic amines) is 1. The van der Waals surface area contributed by atoms with E-state index < -0.39 is 0 Å². The molecule has 0 aromatic carbocycles. The topological polar surface area (TPSA) is 66.6 Å². The average molecular weight is 214 g/mol. The van der Waals surface area contributed by atoms with Gasteiger partial charge >= 0.3 is 0 Å². The number of hydrogen-bond acceptors (Lipinski definition) is 3. The smallest absolute Gasteiger partial charge is 0.224 e. The van der Waals surface area contributed by atoms with Crippen LogP contribution in [0.25, 0.3) is 0 Å². The number of nitrogens with two attached hydrogens (primary N) is 1. The molecule has 1 aliphatic heterocycles. The predicted octanol–water partition coefficient (Wildman–Crippen LogP) is 0.487. The second-order valence-electron chi connectivity index (χ2n) is 4.32. The summed E-state index contributed by atoms with van der Waals surface area (Å²) in [6.45, 7) is 2.92. The molecular formula is C11H22N2O2. The van der Waals surface area contributed by atoms with Crippen LogP contribution in [0, 0.1) is 0 Å². The van der Waals surface area contributed by atoms with Gasteiger partial charge in [0.15, 0.2) is 0 Å². The van der Waals surface area contributed by atoms with Gasteiger partial charge in [-0.2, -0.15) is 0 Å². The third-order valence-corrected chi connectivity index (χ3v) is 3.00. The summed E-state index contributed by atoms with van der Waals surface area (Å²) in [6, 6.07) is 0.00812. The number of rotatable bonds is 5. The zero-order valence-corrected chi connectivity index (χ0v) is 9.48. The van der Waals surface area contributed by atoms with Crippen LogP contribution in [0.3, 0.4) is 0 Å². The Balaban J connectivity index is 2.38. The van der Waals surface area contributed by atoms with E-state index in [9.17, 15) is 4.79 Å². The summed E-state index contributed by atoms with van der Waals surface area (Å²) in [7, 11) is 0. The van der Waals surface area contributed by atoms with Crippen LogP contribution < -0.4 is 5.73 Å². The molecule has 0 aromatic heterocycles. The van der Waals surface area contributed by atoms with Crippen LogP contribution in [0.2, 0.25) is 0 Å². The first-order valence-electron chi connectivity index (χ1n) is 5.85. The zero-order valence-electron chi connectivity index (χ0n) is 9.48. The number of hydrogen-bond donors (Lipinski definition) is 2. The van der Waals surface area contributed by atoms with E-state index in [1.165, 1.54) is 0 Å². The highest BCUT2D eigenvalue weighted by Gasteiger charge is 2.28. The first kappa shape index (κ1) is 12.5. The minimum atomic E-state index is -0.0255. The lowest BCUT2D eigenvalue weighted by atomic mass is 10.1. The molecule has 1 aliphatic rings. The van der Waals surface area contributed by atoms with Crippen molar-refractivity contribution in [2.75, 3.05) is 13.2 Å². The highest BCUT2D eigenvalue weighted by molar-refractivity contribution is 5.77. The van der Waals surface area contributed by atoms with E-state index >= 15 is 0 Å². The summed E-state index contributed by atoms with van der Waals surface area (Å²) >= 11 is 0. The van der Waals surface area contributed by atoms with Gasteiger partial charge in [0.05, 0.1) is 12.6 Å². The summed E-state index contributed by atoms with van der Waals surface area (Å²) in [6.07, 6.45) is 4.25. The quantitative estimate of drug-likeness (QED) is 0.700. The Bertz CT molecular complexity index is 209. The van der Waals surface area contributed by atoms with E-state index in [0.717, 1.165) is 32.2 Å². The molecule has 0 bridgehead atoms. The monoisotopic (exact) mass is 214 g/mol. The lowest BCUT2D eigenvalue weighted by molar-refractivity contribution is -0.133. The van der Waals surface area contributed by atoms with Crippen LogP contribution >= 0.6 is 0 Å². The van der Waals surface area contributed by atoms with Crippen molar-refractivity contribution in [1.29, 1.82) is 0 Å². The average Bonchev–Trinajstić information content (AvgIpc) is 2.65. The highest BCUT2D eigenvalue weighted by Crippen LogP contribution is 2.18. The van der Waals surface area contributed by atoms with Crippen molar-refractivity contribution in [3.63, 3.8) is 0 Å². The molecule has 0 aromatic rings. The fourth-order valence-electron chi connectivity index (χ4n) is 2.17. The van der Waals surface area contributed by atoms with Crippen LogP contribution in [0.15, 0.2) is 0 Å². The molecule has 88 valence electrons. The molecule has 0 saturated carbocycles. The van der Waals surface area contributed by atoms with Gasteiger partial charge in [0.2, 0.25) is 5.91 Å². The Hall–Kier alpha value is -0.610. The van der Waals surface area contributed by atoms with Crippen LogP contribution in [0.4, 0.5) is 0 Å². The first-order chi connectivity index (χ1) is 7.19. The lowest BCUT2D eigenvalue weighted by Crippen LogP contribution is -2.40. The molecule has 1 fully saturated rings. The highest BCUT2D eigenvalue weighted by atomic mass is 16.3. The van der Waals surface area contributed by atoms with E-state index in [2.05, 4.69) is 6.92 Å². The van der Waals surface area contributed by atoms with Gasteiger partial charge in [-0.05, 0) is 19.3 Å². The summed E-state index contributed by atoms with van der Waals surface area (Å²) in [5.41, 5.74) is 5.83. The van der Waals surface area contributed by atoms with Gasteiger partial charge in [0, 0.05) is 19.0 Å². The van der Waals surface area contributed by atoms with Gasteiger partial charge in [-0.25, -0.2) is 0 Å². The summed E-state index contributed by atoms with van der Waals surface area (Å²) < 4.78 is 0. The van der Waals surface area contributed by atoms with Crippen molar-refractivity contribution in [1.82, 2.24) is 4.90 Å². The molecule has 2 unspecified atom stereocenters. The SMILES string of the molecule is CCCC(N)CC(=O)N1CCCC1CO. The lowest BCUT2D eigenvalue weighted by Gasteiger charge is -2.24. The largest absolute Gasteiger partial charge is 0.394 e. The normalized spacial score (nSPS) is 23.1. The maximum atomic E-state index is 11.8. The van der Waals surface area contributed by atoms with Crippen LogP contribution in [0.5, 0.6) is 0 Å². The van der Waals surface area contributed by atoms with Gasteiger partial charge in [-0.15, -0.1) is 0 Å². The van der Waals surface area contributed by atoms with Crippen LogP contribution in [0.1, 0.15) is 39.0 Å². The van der Waals surface area contributed by atoms with Crippen LogP contribution in [-0.2, 0) is 4.79 Å². The van der Waals surface area contributed by atoms with Gasteiger partial charge < -0.3 is 15.7 Å². The van der Waals surface area contributed by atoms with E-state index in [-0.39, 0.29) is 24.6 Å². The molecule has 3 N–H and O–H groups in total. The molecule has 4 heteroatoms. The van der Waals surface area contributed by atoms with Crippen molar-refractivity contribution >= 4 is 5.91 Å². The number of amides is 1. The van der Waals surface area contributed by atoms with Gasteiger partial charge in [-0.1, -0.05) is 13.3 Å².